The molecule has 0 spiro atoms. The van der Waals surface area contributed by atoms with Gasteiger partial charge in [-0.3, -0.25) is 9.78 Å². The molecule has 1 N–H and O–H groups in total. The number of nitrogens with zero attached hydrogens (tertiary/aromatic N) is 1. The number of aromatic nitrogens is 1. The Morgan fingerprint density at radius 1 is 0.840 bits per heavy atom. The van der Waals surface area contributed by atoms with Crippen molar-refractivity contribution in [1.82, 2.24) is 4.98 Å². The van der Waals surface area contributed by atoms with Crippen molar-refractivity contribution >= 4 is 16.6 Å². The molecule has 5 aromatic rings. The van der Waals surface area contributed by atoms with Gasteiger partial charge in [0.15, 0.2) is 5.78 Å². The number of ketones is 1. The van der Waals surface area contributed by atoms with Crippen LogP contribution < -0.4 is 0 Å². The van der Waals surface area contributed by atoms with Crippen molar-refractivity contribution in [1.29, 1.82) is 0 Å². The number of alkyl halides is 3. The third kappa shape index (κ3) is 9.95. The van der Waals surface area contributed by atoms with Crippen LogP contribution in [0.25, 0.3) is 44.3 Å². The average molecular weight is 866 g/mol. The van der Waals surface area contributed by atoms with Gasteiger partial charge in [0.1, 0.15) is 11.6 Å². The zero-order valence-corrected chi connectivity index (χ0v) is 30.6. The van der Waals surface area contributed by atoms with Gasteiger partial charge in [-0.2, -0.15) is 13.2 Å². The first-order valence-electron chi connectivity index (χ1n) is 16.8. The smallest absolute Gasteiger partial charge is 0.418 e. The predicted octanol–water partition coefficient (Wildman–Crippen LogP) is 12.2. The minimum atomic E-state index is -4.61. The van der Waals surface area contributed by atoms with Crippen LogP contribution in [0.4, 0.5) is 22.0 Å². The molecule has 0 saturated heterocycles. The van der Waals surface area contributed by atoms with Gasteiger partial charge in [0.25, 0.3) is 0 Å². The van der Waals surface area contributed by atoms with Gasteiger partial charge in [-0.25, -0.2) is 8.78 Å². The van der Waals surface area contributed by atoms with Gasteiger partial charge in [0, 0.05) is 56.0 Å². The number of aliphatic hydroxyl groups is 1. The first kappa shape index (κ1) is 38.6. The minimum Gasteiger partial charge on any atom is -0.512 e. The molecular weight excluding hydrogens is 826 g/mol. The molecule has 9 heteroatoms. The molecule has 0 amide bonds. The first-order valence-corrected chi connectivity index (χ1v) is 16.3. The quantitative estimate of drug-likeness (QED) is 0.0658. The number of pyridine rings is 1. The van der Waals surface area contributed by atoms with Crippen molar-refractivity contribution in [2.75, 3.05) is 0 Å². The van der Waals surface area contributed by atoms with E-state index < -0.39 is 23.4 Å². The van der Waals surface area contributed by atoms with Crippen molar-refractivity contribution in [3.8, 4) is 33.5 Å². The van der Waals surface area contributed by atoms with Crippen LogP contribution in [0.5, 0.6) is 0 Å². The largest absolute Gasteiger partial charge is 0.512 e. The van der Waals surface area contributed by atoms with E-state index >= 15 is 0 Å². The third-order valence-corrected chi connectivity index (χ3v) is 8.54. The van der Waals surface area contributed by atoms with Crippen molar-refractivity contribution in [3.05, 3.63) is 126 Å². The number of benzene rings is 4. The zero-order chi connectivity index (χ0) is 36.6. The fourth-order valence-corrected chi connectivity index (χ4v) is 5.72. The molecule has 0 atom stereocenters. The summed E-state index contributed by atoms with van der Waals surface area (Å²) in [5.41, 5.74) is 0.645. The van der Waals surface area contributed by atoms with E-state index in [4.69, 9.17) is 1.37 Å². The first-order chi connectivity index (χ1) is 23.8. The average Bonchev–Trinajstić information content (AvgIpc) is 3.08. The Morgan fingerprint density at radius 3 is 2.04 bits per heavy atom. The van der Waals surface area contributed by atoms with E-state index in [0.717, 1.165) is 50.1 Å². The van der Waals surface area contributed by atoms with Gasteiger partial charge in [0.05, 0.1) is 12.7 Å². The molecule has 0 saturated carbocycles. The summed E-state index contributed by atoms with van der Waals surface area (Å²) in [5.74, 6) is -1.00. The summed E-state index contributed by atoms with van der Waals surface area (Å²) in [4.78, 5) is 15.8. The monoisotopic (exact) mass is 866 g/mol. The van der Waals surface area contributed by atoms with Crippen LogP contribution in [0.1, 0.15) is 60.3 Å². The molecule has 0 unspecified atom stereocenters. The molecule has 0 aliphatic carbocycles. The van der Waals surface area contributed by atoms with Crippen LogP contribution >= 0.6 is 0 Å². The Bertz CT molecular complexity index is 1950. The summed E-state index contributed by atoms with van der Waals surface area (Å²) in [5, 5.41) is 10.8. The molecule has 0 bridgehead atoms. The second kappa shape index (κ2) is 18.2. The van der Waals surface area contributed by atoms with Gasteiger partial charge in [-0.1, -0.05) is 98.8 Å². The van der Waals surface area contributed by atoms with Gasteiger partial charge in [-0.05, 0) is 54.5 Å². The Hall–Kier alpha value is -4.20. The Kier molecular flexibility index (Phi) is 14.0. The maximum atomic E-state index is 14.0. The van der Waals surface area contributed by atoms with Crippen LogP contribution in [0.2, 0.25) is 0 Å². The summed E-state index contributed by atoms with van der Waals surface area (Å²) in [6.45, 7) is 8.07. The van der Waals surface area contributed by atoms with Gasteiger partial charge >= 0.3 is 6.18 Å². The van der Waals surface area contributed by atoms with Crippen molar-refractivity contribution in [3.63, 3.8) is 0 Å². The summed E-state index contributed by atoms with van der Waals surface area (Å²) < 4.78 is 77.2. The van der Waals surface area contributed by atoms with Crippen LogP contribution in [-0.2, 0) is 31.1 Å². The number of fused-ring (bicyclic) bond motifs is 1. The van der Waals surface area contributed by atoms with E-state index in [2.05, 4.69) is 11.1 Å². The molecule has 4 aromatic carbocycles. The number of carbonyl (C=O) groups excluding carboxylic acids is 1. The maximum Gasteiger partial charge on any atom is 0.418 e. The van der Waals surface area contributed by atoms with E-state index in [-0.39, 0.29) is 66.3 Å². The van der Waals surface area contributed by atoms with Crippen molar-refractivity contribution < 1.29 is 53.3 Å². The van der Waals surface area contributed by atoms with E-state index in [1.54, 1.807) is 48.5 Å². The number of allylic oxidation sites excluding steroid dienone is 2. The number of carbonyl (C=O) groups is 1. The minimum absolute atomic E-state index is 0. The number of aliphatic hydroxyl groups excluding tert-OH is 1. The van der Waals surface area contributed by atoms with Gasteiger partial charge in [-0.15, -0.1) is 23.6 Å². The third-order valence-electron chi connectivity index (χ3n) is 8.54. The SMILES string of the molecule is CCC(CC)C(=O)/C=C(\O)C(CC)CC.[2H]c1ccc2[c-]c(-c3cc(-c4ccccc4)c(C(F)(F)F)cn3)cc(-c3cc(F)cc(F)c3)c2c1.[Ir]. The van der Waals surface area contributed by atoms with Crippen molar-refractivity contribution in [2.24, 2.45) is 11.8 Å². The van der Waals surface area contributed by atoms with Gasteiger partial charge in [0.2, 0.25) is 0 Å². The molecule has 1 radical (unpaired) electrons. The Morgan fingerprint density at radius 2 is 1.46 bits per heavy atom. The molecule has 5 rings (SSSR count). The number of halogens is 5. The normalized spacial score (nSPS) is 12.0. The predicted molar refractivity (Wildman–Crippen MR) is 186 cm³/mol. The summed E-state index contributed by atoms with van der Waals surface area (Å²) in [6.07, 6.45) is 1.08. The summed E-state index contributed by atoms with van der Waals surface area (Å²) >= 11 is 0. The summed E-state index contributed by atoms with van der Waals surface area (Å²) in [7, 11) is 0. The Labute approximate surface area is 305 Å². The fraction of sp³-hybridized carbons (Fsp3) is 0.268. The number of rotatable bonds is 10. The fourth-order valence-electron chi connectivity index (χ4n) is 5.72. The molecule has 1 aromatic heterocycles. The molecule has 0 aliphatic heterocycles. The molecule has 50 heavy (non-hydrogen) atoms. The molecule has 265 valence electrons. The van der Waals surface area contributed by atoms with E-state index in [9.17, 15) is 31.9 Å². The van der Waals surface area contributed by atoms with E-state index in [0.29, 0.717) is 27.5 Å². The van der Waals surface area contributed by atoms with Gasteiger partial charge < -0.3 is 5.11 Å². The second-order valence-electron chi connectivity index (χ2n) is 11.7. The van der Waals surface area contributed by atoms with Crippen LogP contribution in [-0.4, -0.2) is 15.9 Å². The Balaban J connectivity index is 0.000000374. The molecule has 0 fully saturated rings. The standard InChI is InChI=1S/C28H15F5N.C13H24O2.Ir/c29-21-11-19(12-22(30)14-21)24-13-20(10-18-8-4-5-9-23(18)24)27-15-25(17-6-2-1-3-7-17)26(16-34-27)28(31,32)33;1-5-10(6-2)12(14)9-13(15)11(7-3)8-4;/h1-9,11-16H;9-11,14H,5-8H2,1-4H3;/q-1;;/b;12-9-;/i5D;;. The van der Waals surface area contributed by atoms with Crippen LogP contribution in [0.3, 0.4) is 0 Å². The number of hydrogen-bond donors (Lipinski definition) is 1. The van der Waals surface area contributed by atoms with Crippen LogP contribution in [0, 0.1) is 29.5 Å². The van der Waals surface area contributed by atoms with Crippen LogP contribution in [0.15, 0.2) is 103 Å². The summed E-state index contributed by atoms with van der Waals surface area (Å²) in [6, 6.07) is 22.2. The second-order valence-corrected chi connectivity index (χ2v) is 11.7. The van der Waals surface area contributed by atoms with E-state index in [1.165, 1.54) is 18.2 Å². The molecule has 1 heterocycles. The van der Waals surface area contributed by atoms with E-state index in [1.807, 2.05) is 27.7 Å². The van der Waals surface area contributed by atoms with Crippen molar-refractivity contribution in [2.45, 2.75) is 59.6 Å². The molecule has 3 nitrogen and oxygen atoms in total. The molecule has 0 aliphatic rings. The molecular formula is C41H39F5IrNO2-. The number of hydrogen-bond acceptors (Lipinski definition) is 3. The topological polar surface area (TPSA) is 50.2 Å². The maximum absolute atomic E-state index is 14.0. The zero-order valence-electron chi connectivity index (χ0n) is 29.2.